The first kappa shape index (κ1) is 18.2. The molecular formula is C19H17F2N5O. The van der Waals surface area contributed by atoms with E-state index < -0.39 is 23.6 Å². The van der Waals surface area contributed by atoms with Gasteiger partial charge in [-0.25, -0.2) is 13.8 Å². The van der Waals surface area contributed by atoms with Crippen LogP contribution in [0, 0.1) is 5.41 Å². The lowest BCUT2D eigenvalue weighted by molar-refractivity contribution is -0.110. The number of nitrogens with two attached hydrogens (primary N) is 1. The summed E-state index contributed by atoms with van der Waals surface area (Å²) in [7, 11) is 0. The number of nitrogens with zero attached hydrogens (tertiary/aromatic N) is 1. The van der Waals surface area contributed by atoms with Gasteiger partial charge in [0.2, 0.25) is 0 Å². The van der Waals surface area contributed by atoms with E-state index >= 15 is 0 Å². The lowest BCUT2D eigenvalue weighted by Crippen LogP contribution is -2.28. The number of hydrogen-bond donors (Lipinski definition) is 4. The van der Waals surface area contributed by atoms with Crippen LogP contribution in [0.15, 0.2) is 59.9 Å². The molecule has 138 valence electrons. The number of nitrogens with one attached hydrogen (secondary N) is 3. The Hall–Kier alpha value is -3.55. The van der Waals surface area contributed by atoms with Crippen LogP contribution in [-0.4, -0.2) is 28.0 Å². The van der Waals surface area contributed by atoms with Gasteiger partial charge >= 0.3 is 0 Å². The summed E-state index contributed by atoms with van der Waals surface area (Å²) in [5.41, 5.74) is 6.19. The van der Waals surface area contributed by atoms with E-state index in [9.17, 15) is 13.6 Å². The molecule has 3 aromatic rings. The maximum absolute atomic E-state index is 13.0. The van der Waals surface area contributed by atoms with E-state index in [4.69, 9.17) is 11.1 Å². The molecule has 5 N–H and O–H groups in total. The highest BCUT2D eigenvalue weighted by Gasteiger charge is 2.24. The van der Waals surface area contributed by atoms with E-state index in [0.717, 1.165) is 16.6 Å². The number of aromatic amines is 1. The van der Waals surface area contributed by atoms with Crippen LogP contribution in [0.5, 0.6) is 0 Å². The van der Waals surface area contributed by atoms with Crippen LogP contribution in [-0.2, 0) is 4.79 Å². The summed E-state index contributed by atoms with van der Waals surface area (Å²) in [5, 5.41) is 10.8. The van der Waals surface area contributed by atoms with Gasteiger partial charge in [0.1, 0.15) is 11.4 Å². The third-order valence-electron chi connectivity index (χ3n) is 3.95. The summed E-state index contributed by atoms with van der Waals surface area (Å²) < 4.78 is 26.0. The number of allylic oxidation sites excluding steroid dienone is 1. The molecule has 0 aliphatic rings. The molecule has 1 amide bonds. The molecule has 0 atom stereocenters. The highest BCUT2D eigenvalue weighted by atomic mass is 19.3. The van der Waals surface area contributed by atoms with E-state index in [1.54, 1.807) is 6.07 Å². The minimum Gasteiger partial charge on any atom is -0.402 e. The fraction of sp³-hybridized carbons (Fsp3) is 0.105. The van der Waals surface area contributed by atoms with Crippen LogP contribution in [0.25, 0.3) is 22.3 Å². The third-order valence-corrected chi connectivity index (χ3v) is 3.95. The van der Waals surface area contributed by atoms with Gasteiger partial charge in [-0.2, -0.15) is 0 Å². The number of aromatic nitrogens is 2. The van der Waals surface area contributed by atoms with Gasteiger partial charge in [0, 0.05) is 16.8 Å². The van der Waals surface area contributed by atoms with Gasteiger partial charge in [-0.1, -0.05) is 30.3 Å². The molecular weight excluding hydrogens is 352 g/mol. The van der Waals surface area contributed by atoms with E-state index in [1.807, 2.05) is 36.4 Å². The van der Waals surface area contributed by atoms with Crippen molar-refractivity contribution in [2.75, 3.05) is 5.32 Å². The number of anilines is 1. The van der Waals surface area contributed by atoms with Gasteiger partial charge in [-0.15, -0.1) is 0 Å². The van der Waals surface area contributed by atoms with Crippen molar-refractivity contribution in [1.29, 1.82) is 5.41 Å². The molecule has 2 aromatic heterocycles. The normalized spacial score (nSPS) is 12.1. The van der Waals surface area contributed by atoms with Crippen molar-refractivity contribution >= 4 is 28.3 Å². The summed E-state index contributed by atoms with van der Waals surface area (Å²) in [5.74, 6) is -0.977. The van der Waals surface area contributed by atoms with Gasteiger partial charge in [-0.3, -0.25) is 10.2 Å². The number of alkyl halides is 2. The number of benzene rings is 1. The summed E-state index contributed by atoms with van der Waals surface area (Å²) in [6.07, 6.45) is -1.62. The molecule has 0 fully saturated rings. The highest BCUT2D eigenvalue weighted by Crippen LogP contribution is 2.25. The Morgan fingerprint density at radius 2 is 1.96 bits per heavy atom. The predicted molar refractivity (Wildman–Crippen MR) is 101 cm³/mol. The van der Waals surface area contributed by atoms with Crippen molar-refractivity contribution in [2.45, 2.75) is 13.3 Å². The SMILES string of the molecule is C/C(N)=C(/C(=N)C(=O)Nc1cnc2[nH]c(-c3ccccc3)cc2c1)C(F)F. The zero-order valence-electron chi connectivity index (χ0n) is 14.4. The highest BCUT2D eigenvalue weighted by molar-refractivity contribution is 6.48. The molecule has 1 aromatic carbocycles. The Balaban J connectivity index is 1.84. The molecule has 0 unspecified atom stereocenters. The molecule has 0 aliphatic heterocycles. The number of rotatable bonds is 5. The molecule has 0 saturated carbocycles. The Kier molecular flexibility index (Phi) is 4.98. The Bertz CT molecular complexity index is 1040. The monoisotopic (exact) mass is 369 g/mol. The van der Waals surface area contributed by atoms with Crippen molar-refractivity contribution in [3.05, 3.63) is 59.9 Å². The minimum absolute atomic E-state index is 0.267. The fourth-order valence-electron chi connectivity index (χ4n) is 2.65. The first-order chi connectivity index (χ1) is 12.9. The zero-order valence-corrected chi connectivity index (χ0v) is 14.4. The Morgan fingerprint density at radius 3 is 2.59 bits per heavy atom. The second-order valence-electron chi connectivity index (χ2n) is 5.94. The quantitative estimate of drug-likeness (QED) is 0.515. The Labute approximate surface area is 153 Å². The number of amides is 1. The van der Waals surface area contributed by atoms with Crippen molar-refractivity contribution in [3.8, 4) is 11.3 Å². The summed E-state index contributed by atoms with van der Waals surface area (Å²) in [6, 6.07) is 13.2. The van der Waals surface area contributed by atoms with Crippen molar-refractivity contribution in [2.24, 2.45) is 5.73 Å². The predicted octanol–water partition coefficient (Wildman–Crippen LogP) is 3.69. The molecule has 27 heavy (non-hydrogen) atoms. The van der Waals surface area contributed by atoms with E-state index in [0.29, 0.717) is 11.3 Å². The van der Waals surface area contributed by atoms with E-state index in [-0.39, 0.29) is 5.70 Å². The maximum atomic E-state index is 13.0. The molecule has 0 saturated heterocycles. The molecule has 3 rings (SSSR count). The number of halogens is 2. The molecule has 2 heterocycles. The summed E-state index contributed by atoms with van der Waals surface area (Å²) in [4.78, 5) is 19.5. The average molecular weight is 369 g/mol. The number of hydrogen-bond acceptors (Lipinski definition) is 4. The fourth-order valence-corrected chi connectivity index (χ4v) is 2.65. The van der Waals surface area contributed by atoms with Crippen LogP contribution in [0.4, 0.5) is 14.5 Å². The van der Waals surface area contributed by atoms with Crippen LogP contribution in [0.2, 0.25) is 0 Å². The molecule has 0 aliphatic carbocycles. The van der Waals surface area contributed by atoms with Gasteiger partial charge < -0.3 is 16.0 Å². The topological polar surface area (TPSA) is 108 Å². The molecule has 0 spiro atoms. The second kappa shape index (κ2) is 7.36. The van der Waals surface area contributed by atoms with E-state index in [2.05, 4.69) is 15.3 Å². The first-order valence-electron chi connectivity index (χ1n) is 8.05. The van der Waals surface area contributed by atoms with E-state index in [1.165, 1.54) is 13.1 Å². The summed E-state index contributed by atoms with van der Waals surface area (Å²) in [6.45, 7) is 1.22. The van der Waals surface area contributed by atoms with Gasteiger partial charge in [0.05, 0.1) is 17.5 Å². The van der Waals surface area contributed by atoms with Crippen molar-refractivity contribution < 1.29 is 13.6 Å². The first-order valence-corrected chi connectivity index (χ1v) is 8.05. The van der Waals surface area contributed by atoms with Gasteiger partial charge in [-0.05, 0) is 24.6 Å². The smallest absolute Gasteiger partial charge is 0.274 e. The largest absolute Gasteiger partial charge is 0.402 e. The van der Waals surface area contributed by atoms with Crippen LogP contribution in [0.1, 0.15) is 6.92 Å². The van der Waals surface area contributed by atoms with Gasteiger partial charge in [0.25, 0.3) is 12.3 Å². The van der Waals surface area contributed by atoms with Crippen molar-refractivity contribution in [1.82, 2.24) is 9.97 Å². The average Bonchev–Trinajstić information content (AvgIpc) is 3.05. The standard InChI is InChI=1S/C19H17F2N5O/c1-10(22)15(17(20)21)16(23)19(27)25-13-7-12-8-14(26-18(12)24-9-13)11-5-3-2-4-6-11/h2-9,17,23H,22H2,1H3,(H,24,26)(H,25,27)/b15-10+,23-16?. The van der Waals surface area contributed by atoms with Gasteiger partial charge in [0.15, 0.2) is 0 Å². The number of fused-ring (bicyclic) bond motifs is 1. The lowest BCUT2D eigenvalue weighted by atomic mass is 10.1. The lowest BCUT2D eigenvalue weighted by Gasteiger charge is -2.10. The summed E-state index contributed by atoms with van der Waals surface area (Å²) >= 11 is 0. The molecule has 6 nitrogen and oxygen atoms in total. The third kappa shape index (κ3) is 3.84. The number of pyridine rings is 1. The number of H-pyrrole nitrogens is 1. The maximum Gasteiger partial charge on any atom is 0.274 e. The van der Waals surface area contributed by atoms with Crippen LogP contribution in [0.3, 0.4) is 0 Å². The Morgan fingerprint density at radius 1 is 1.26 bits per heavy atom. The zero-order chi connectivity index (χ0) is 19.6. The van der Waals surface area contributed by atoms with Crippen LogP contribution >= 0.6 is 0 Å². The second-order valence-corrected chi connectivity index (χ2v) is 5.94. The number of carbonyl (C=O) groups is 1. The molecule has 0 radical (unpaired) electrons. The van der Waals surface area contributed by atoms with Crippen LogP contribution < -0.4 is 11.1 Å². The number of carbonyl (C=O) groups excluding carboxylic acids is 1. The minimum atomic E-state index is -3.01. The van der Waals surface area contributed by atoms with Crippen molar-refractivity contribution in [3.63, 3.8) is 0 Å². The molecule has 0 bridgehead atoms. The molecule has 8 heteroatoms.